The number of rotatable bonds is 4. The maximum atomic E-state index is 14.2. The number of aromatic hydroxyl groups is 1. The lowest BCUT2D eigenvalue weighted by molar-refractivity contribution is -0.277. The highest BCUT2D eigenvalue weighted by Crippen LogP contribution is 2.54. The lowest BCUT2D eigenvalue weighted by atomic mass is 9.69. The maximum absolute atomic E-state index is 14.2. The molecule has 14 heteroatoms. The van der Waals surface area contributed by atoms with Crippen molar-refractivity contribution in [3.63, 3.8) is 0 Å². The van der Waals surface area contributed by atoms with Gasteiger partial charge >= 0.3 is 6.18 Å². The first-order chi connectivity index (χ1) is 16.8. The Bertz CT molecular complexity index is 1330. The van der Waals surface area contributed by atoms with E-state index in [0.717, 1.165) is 16.8 Å². The number of benzene rings is 2. The van der Waals surface area contributed by atoms with Gasteiger partial charge in [-0.2, -0.15) is 22.2 Å². The SMILES string of the molecule is CCC1CC(O)(C(F)(F)F)C(NC(=O)c2nnn(-c3ccc(F)cc3)c2N)c2cc(F)c(F)c(O)c21. The molecule has 0 saturated heterocycles. The number of anilines is 1. The first-order valence-electron chi connectivity index (χ1n) is 10.6. The Balaban J connectivity index is 1.80. The monoisotopic (exact) mass is 515 g/mol. The number of nitrogens with zero attached hydrogens (tertiary/aromatic N) is 3. The van der Waals surface area contributed by atoms with Crippen LogP contribution < -0.4 is 11.1 Å². The molecule has 1 amide bonds. The van der Waals surface area contributed by atoms with Crippen molar-refractivity contribution in [2.45, 2.75) is 43.5 Å². The van der Waals surface area contributed by atoms with Gasteiger partial charge in [0.05, 0.1) is 11.7 Å². The largest absolute Gasteiger partial charge is 0.505 e. The third kappa shape index (κ3) is 3.90. The number of carbonyl (C=O) groups excluding carboxylic acids is 1. The Kier molecular flexibility index (Phi) is 6.11. The summed E-state index contributed by atoms with van der Waals surface area (Å²) >= 11 is 0. The fourth-order valence-electron chi connectivity index (χ4n) is 4.41. The predicted octanol–water partition coefficient (Wildman–Crippen LogP) is 3.63. The number of halogens is 6. The van der Waals surface area contributed by atoms with Crippen LogP contribution >= 0.6 is 0 Å². The van der Waals surface area contributed by atoms with Gasteiger partial charge in [0.2, 0.25) is 5.82 Å². The van der Waals surface area contributed by atoms with Gasteiger partial charge in [0.25, 0.3) is 5.91 Å². The number of hydrogen-bond acceptors (Lipinski definition) is 6. The molecule has 1 heterocycles. The summed E-state index contributed by atoms with van der Waals surface area (Å²) in [4.78, 5) is 13.0. The van der Waals surface area contributed by atoms with Crippen LogP contribution in [0, 0.1) is 17.5 Å². The van der Waals surface area contributed by atoms with E-state index in [1.165, 1.54) is 19.1 Å². The predicted molar refractivity (Wildman–Crippen MR) is 113 cm³/mol. The molecule has 2 aromatic carbocycles. The second-order valence-corrected chi connectivity index (χ2v) is 8.37. The Morgan fingerprint density at radius 3 is 2.47 bits per heavy atom. The molecule has 1 aromatic heterocycles. The van der Waals surface area contributed by atoms with Crippen LogP contribution in [0.25, 0.3) is 5.69 Å². The third-order valence-corrected chi connectivity index (χ3v) is 6.27. The van der Waals surface area contributed by atoms with Crippen molar-refractivity contribution >= 4 is 11.7 Å². The van der Waals surface area contributed by atoms with Gasteiger partial charge in [-0.15, -0.1) is 5.10 Å². The van der Waals surface area contributed by atoms with Crippen molar-refractivity contribution in [3.8, 4) is 11.4 Å². The van der Waals surface area contributed by atoms with E-state index in [2.05, 4.69) is 10.3 Å². The van der Waals surface area contributed by atoms with E-state index in [4.69, 9.17) is 5.73 Å². The number of fused-ring (bicyclic) bond motifs is 1. The number of amides is 1. The molecule has 5 N–H and O–H groups in total. The number of nitrogens with one attached hydrogen (secondary N) is 1. The van der Waals surface area contributed by atoms with Gasteiger partial charge in [0, 0.05) is 5.56 Å². The zero-order valence-electron chi connectivity index (χ0n) is 18.4. The summed E-state index contributed by atoms with van der Waals surface area (Å²) in [5, 5.41) is 30.2. The summed E-state index contributed by atoms with van der Waals surface area (Å²) in [6.45, 7) is 1.44. The van der Waals surface area contributed by atoms with Crippen LogP contribution in [-0.2, 0) is 0 Å². The number of nitrogen functional groups attached to an aromatic ring is 1. The molecule has 192 valence electrons. The number of hydrogen-bond donors (Lipinski definition) is 4. The van der Waals surface area contributed by atoms with E-state index in [1.807, 2.05) is 5.32 Å². The first kappa shape index (κ1) is 25.3. The fourth-order valence-corrected chi connectivity index (χ4v) is 4.41. The second-order valence-electron chi connectivity index (χ2n) is 8.37. The maximum Gasteiger partial charge on any atom is 0.419 e. The molecule has 0 saturated carbocycles. The van der Waals surface area contributed by atoms with Gasteiger partial charge in [0.1, 0.15) is 5.82 Å². The minimum Gasteiger partial charge on any atom is -0.505 e. The molecule has 3 unspecified atom stereocenters. The van der Waals surface area contributed by atoms with E-state index in [9.17, 15) is 41.4 Å². The minimum atomic E-state index is -5.33. The van der Waals surface area contributed by atoms with Gasteiger partial charge in [-0.05, 0) is 54.7 Å². The van der Waals surface area contributed by atoms with E-state index in [0.29, 0.717) is 6.07 Å². The summed E-state index contributed by atoms with van der Waals surface area (Å²) in [5.74, 6) is -8.07. The number of aromatic nitrogens is 3. The summed E-state index contributed by atoms with van der Waals surface area (Å²) < 4.78 is 84.8. The third-order valence-electron chi connectivity index (χ3n) is 6.27. The lowest BCUT2D eigenvalue weighted by Gasteiger charge is -2.45. The molecule has 1 aliphatic carbocycles. The topological polar surface area (TPSA) is 126 Å². The van der Waals surface area contributed by atoms with Crippen LogP contribution in [-0.4, -0.2) is 42.9 Å². The van der Waals surface area contributed by atoms with Gasteiger partial charge in [-0.25, -0.2) is 8.78 Å². The highest BCUT2D eigenvalue weighted by molar-refractivity contribution is 5.97. The molecule has 0 radical (unpaired) electrons. The van der Waals surface area contributed by atoms with Crippen molar-refractivity contribution in [1.29, 1.82) is 0 Å². The molecule has 3 aromatic rings. The van der Waals surface area contributed by atoms with Crippen LogP contribution in [0.1, 0.15) is 53.3 Å². The van der Waals surface area contributed by atoms with Crippen molar-refractivity contribution in [3.05, 3.63) is 64.6 Å². The van der Waals surface area contributed by atoms with E-state index in [1.54, 1.807) is 0 Å². The summed E-state index contributed by atoms with van der Waals surface area (Å²) in [5.41, 5.74) is 0.799. The molecule has 3 atom stereocenters. The number of aliphatic hydroxyl groups is 1. The molecule has 1 aliphatic rings. The smallest absolute Gasteiger partial charge is 0.419 e. The number of nitrogens with two attached hydrogens (primary N) is 1. The van der Waals surface area contributed by atoms with E-state index in [-0.39, 0.29) is 17.7 Å². The molecule has 0 bridgehead atoms. The van der Waals surface area contributed by atoms with Crippen LogP contribution in [0.3, 0.4) is 0 Å². The van der Waals surface area contributed by atoms with Crippen molar-refractivity contribution in [2.75, 3.05) is 5.73 Å². The van der Waals surface area contributed by atoms with E-state index < -0.39 is 76.3 Å². The van der Waals surface area contributed by atoms with Gasteiger partial charge in [-0.1, -0.05) is 12.1 Å². The quantitative estimate of drug-likeness (QED) is 0.393. The molecule has 8 nitrogen and oxygen atoms in total. The second kappa shape index (κ2) is 8.69. The highest BCUT2D eigenvalue weighted by atomic mass is 19.4. The zero-order chi connectivity index (χ0) is 26.6. The average molecular weight is 515 g/mol. The van der Waals surface area contributed by atoms with Gasteiger partial charge in [-0.3, -0.25) is 4.79 Å². The molecule has 4 rings (SSSR count). The fraction of sp³-hybridized carbons (Fsp3) is 0.318. The van der Waals surface area contributed by atoms with E-state index >= 15 is 0 Å². The molecular weight excluding hydrogens is 496 g/mol. The van der Waals surface area contributed by atoms with Gasteiger partial charge < -0.3 is 21.3 Å². The molecule has 36 heavy (non-hydrogen) atoms. The standard InChI is InChI=1S/C22H19F6N5O3/c1-2-9-8-21(36,22(26,27)28)18(12-7-13(24)15(25)17(34)14(9)12)30-20(35)16-19(29)33(32-31-16)11-5-3-10(23)4-6-11/h3-7,9,18,34,36H,2,8,29H2,1H3,(H,30,35). The molecule has 0 aliphatic heterocycles. The Labute approximate surface area is 199 Å². The number of carbonyl (C=O) groups is 1. The van der Waals surface area contributed by atoms with Crippen LogP contribution in [0.15, 0.2) is 30.3 Å². The van der Waals surface area contributed by atoms with Crippen LogP contribution in [0.4, 0.5) is 32.2 Å². The molecule has 0 spiro atoms. The molecular formula is C22H19F6N5O3. The average Bonchev–Trinajstić information content (AvgIpc) is 3.20. The van der Waals surface area contributed by atoms with Crippen molar-refractivity contribution in [1.82, 2.24) is 20.3 Å². The van der Waals surface area contributed by atoms with Gasteiger partial charge in [0.15, 0.2) is 28.7 Å². The van der Waals surface area contributed by atoms with Crippen LogP contribution in [0.2, 0.25) is 0 Å². The van der Waals surface area contributed by atoms with Crippen molar-refractivity contribution < 1.29 is 41.4 Å². The zero-order valence-corrected chi connectivity index (χ0v) is 18.4. The minimum absolute atomic E-state index is 0.0658. The first-order valence-corrected chi connectivity index (χ1v) is 10.6. The Hall–Kier alpha value is -3.81. The lowest BCUT2D eigenvalue weighted by Crippen LogP contribution is -2.58. The van der Waals surface area contributed by atoms with Crippen LogP contribution in [0.5, 0.6) is 5.75 Å². The highest BCUT2D eigenvalue weighted by Gasteiger charge is 2.63. The number of phenols is 1. The number of alkyl halides is 3. The summed E-state index contributed by atoms with van der Waals surface area (Å²) in [6.07, 6.45) is -6.45. The Morgan fingerprint density at radius 2 is 1.89 bits per heavy atom. The Morgan fingerprint density at radius 1 is 1.25 bits per heavy atom. The number of phenolic OH excluding ortho intramolecular Hbond substituents is 1. The van der Waals surface area contributed by atoms with Crippen molar-refractivity contribution in [2.24, 2.45) is 0 Å². The summed E-state index contributed by atoms with van der Waals surface area (Å²) in [6, 6.07) is 2.69. The molecule has 0 fully saturated rings. The normalized spacial score (nSPS) is 21.8. The summed E-state index contributed by atoms with van der Waals surface area (Å²) in [7, 11) is 0.